The van der Waals surface area contributed by atoms with Crippen LogP contribution in [0.1, 0.15) is 38.2 Å². The van der Waals surface area contributed by atoms with Crippen molar-refractivity contribution in [2.45, 2.75) is 51.6 Å². The van der Waals surface area contributed by atoms with Gasteiger partial charge in [0, 0.05) is 18.2 Å². The van der Waals surface area contributed by atoms with Gasteiger partial charge in [0.1, 0.15) is 5.75 Å². The van der Waals surface area contributed by atoms with Gasteiger partial charge in [0.25, 0.3) is 0 Å². The van der Waals surface area contributed by atoms with Crippen molar-refractivity contribution in [1.29, 1.82) is 0 Å². The molecule has 1 aromatic carbocycles. The molecule has 5 heteroatoms. The molecule has 1 saturated carbocycles. The fourth-order valence-electron chi connectivity index (χ4n) is 2.77. The molecule has 0 heterocycles. The highest BCUT2D eigenvalue weighted by molar-refractivity contribution is 5.33. The molecule has 0 saturated heterocycles. The lowest BCUT2D eigenvalue weighted by Crippen LogP contribution is -2.32. The normalized spacial score (nSPS) is 18.2. The lowest BCUT2D eigenvalue weighted by Gasteiger charge is -2.21. The number of nitrogens with one attached hydrogen (secondary N) is 1. The molecule has 0 unspecified atom stereocenters. The Bertz CT molecular complexity index is 427. The predicted molar refractivity (Wildman–Crippen MR) is 71.4 cm³/mol. The molecular weight excluding hydrogens is 267 g/mol. The zero-order valence-corrected chi connectivity index (χ0v) is 11.5. The van der Waals surface area contributed by atoms with E-state index in [-0.39, 0.29) is 5.75 Å². The first kappa shape index (κ1) is 15.2. The number of benzene rings is 1. The van der Waals surface area contributed by atoms with Gasteiger partial charge in [-0.3, -0.25) is 0 Å². The van der Waals surface area contributed by atoms with Gasteiger partial charge in [-0.25, -0.2) is 0 Å². The summed E-state index contributed by atoms with van der Waals surface area (Å²) in [6.07, 6.45) is 0.270. The fraction of sp³-hybridized carbons (Fsp3) is 0.600. The van der Waals surface area contributed by atoms with Crippen LogP contribution in [0.2, 0.25) is 0 Å². The van der Waals surface area contributed by atoms with Gasteiger partial charge in [0.05, 0.1) is 0 Å². The summed E-state index contributed by atoms with van der Waals surface area (Å²) in [5.74, 6) is 0.511. The third-order valence-electron chi connectivity index (χ3n) is 3.92. The van der Waals surface area contributed by atoms with E-state index in [1.807, 2.05) is 0 Å². The third kappa shape index (κ3) is 4.40. The maximum atomic E-state index is 12.3. The van der Waals surface area contributed by atoms with Gasteiger partial charge >= 0.3 is 6.36 Å². The molecule has 1 N–H and O–H groups in total. The number of para-hydroxylation sites is 1. The number of ether oxygens (including phenoxy) is 1. The Hall–Kier alpha value is -1.23. The average Bonchev–Trinajstić information content (AvgIpc) is 2.89. The van der Waals surface area contributed by atoms with Gasteiger partial charge in [-0.15, -0.1) is 13.2 Å². The highest BCUT2D eigenvalue weighted by Gasteiger charge is 2.32. The Morgan fingerprint density at radius 2 is 1.90 bits per heavy atom. The zero-order valence-electron chi connectivity index (χ0n) is 11.5. The van der Waals surface area contributed by atoms with E-state index in [1.165, 1.54) is 31.7 Å². The molecule has 20 heavy (non-hydrogen) atoms. The van der Waals surface area contributed by atoms with Crippen LogP contribution in [0.5, 0.6) is 5.75 Å². The van der Waals surface area contributed by atoms with E-state index in [0.29, 0.717) is 24.1 Å². The largest absolute Gasteiger partial charge is 0.573 e. The number of alkyl halides is 3. The Kier molecular flexibility index (Phi) is 4.91. The van der Waals surface area contributed by atoms with Crippen molar-refractivity contribution < 1.29 is 17.9 Å². The van der Waals surface area contributed by atoms with Crippen LogP contribution in [0.25, 0.3) is 0 Å². The first-order valence-electron chi connectivity index (χ1n) is 7.03. The maximum absolute atomic E-state index is 12.3. The van der Waals surface area contributed by atoms with Crippen LogP contribution >= 0.6 is 0 Å². The van der Waals surface area contributed by atoms with Gasteiger partial charge < -0.3 is 10.1 Å². The summed E-state index contributed by atoms with van der Waals surface area (Å²) in [4.78, 5) is 0. The van der Waals surface area contributed by atoms with Crippen LogP contribution in [0.3, 0.4) is 0 Å². The summed E-state index contributed by atoms with van der Waals surface area (Å²) < 4.78 is 41.0. The number of hydrogen-bond acceptors (Lipinski definition) is 2. The SMILES string of the molecule is C[C@@H](NCc1ccccc1OC(F)(F)F)C1CCCC1. The first-order valence-corrected chi connectivity index (χ1v) is 7.03. The van der Waals surface area contributed by atoms with Crippen LogP contribution in [0.4, 0.5) is 13.2 Å². The summed E-state index contributed by atoms with van der Waals surface area (Å²) in [6.45, 7) is 2.49. The molecule has 0 radical (unpaired) electrons. The monoisotopic (exact) mass is 287 g/mol. The minimum atomic E-state index is -4.65. The van der Waals surface area contributed by atoms with E-state index in [0.717, 1.165) is 0 Å². The van der Waals surface area contributed by atoms with Gasteiger partial charge in [-0.2, -0.15) is 0 Å². The molecule has 0 amide bonds. The Morgan fingerprint density at radius 1 is 1.25 bits per heavy atom. The number of rotatable bonds is 5. The molecule has 0 bridgehead atoms. The molecule has 2 rings (SSSR count). The van der Waals surface area contributed by atoms with E-state index >= 15 is 0 Å². The highest BCUT2D eigenvalue weighted by atomic mass is 19.4. The Morgan fingerprint density at radius 3 is 2.55 bits per heavy atom. The molecule has 1 aromatic rings. The van der Waals surface area contributed by atoms with Crippen molar-refractivity contribution in [3.63, 3.8) is 0 Å². The fourth-order valence-corrected chi connectivity index (χ4v) is 2.77. The lowest BCUT2D eigenvalue weighted by molar-refractivity contribution is -0.274. The van der Waals surface area contributed by atoms with Crippen molar-refractivity contribution in [2.75, 3.05) is 0 Å². The van der Waals surface area contributed by atoms with E-state index in [2.05, 4.69) is 17.0 Å². The number of hydrogen-bond donors (Lipinski definition) is 1. The molecule has 0 aromatic heterocycles. The standard InChI is InChI=1S/C15H20F3NO/c1-11(12-6-2-3-7-12)19-10-13-8-4-5-9-14(13)20-15(16,17)18/h4-5,8-9,11-12,19H,2-3,6-7,10H2,1H3/t11-/m1/s1. The topological polar surface area (TPSA) is 21.3 Å². The molecule has 0 spiro atoms. The molecule has 112 valence electrons. The number of halogens is 3. The third-order valence-corrected chi connectivity index (χ3v) is 3.92. The van der Waals surface area contributed by atoms with Crippen molar-refractivity contribution in [2.24, 2.45) is 5.92 Å². The van der Waals surface area contributed by atoms with E-state index in [4.69, 9.17) is 0 Å². The Labute approximate surface area is 117 Å². The first-order chi connectivity index (χ1) is 9.46. The predicted octanol–water partition coefficient (Wildman–Crippen LogP) is 4.25. The van der Waals surface area contributed by atoms with Gasteiger partial charge in [0.2, 0.25) is 0 Å². The zero-order chi connectivity index (χ0) is 14.6. The highest BCUT2D eigenvalue weighted by Crippen LogP contribution is 2.29. The summed E-state index contributed by atoms with van der Waals surface area (Å²) in [5.41, 5.74) is 0.537. The van der Waals surface area contributed by atoms with Crippen LogP contribution in [0.15, 0.2) is 24.3 Å². The summed E-state index contributed by atoms with van der Waals surface area (Å²) in [6, 6.07) is 6.60. The lowest BCUT2D eigenvalue weighted by atomic mass is 9.99. The smallest absolute Gasteiger partial charge is 0.405 e. The molecule has 0 aliphatic heterocycles. The molecule has 1 atom stereocenters. The second-order valence-electron chi connectivity index (χ2n) is 5.37. The molecule has 1 fully saturated rings. The van der Waals surface area contributed by atoms with E-state index in [9.17, 15) is 13.2 Å². The van der Waals surface area contributed by atoms with Crippen molar-refractivity contribution in [1.82, 2.24) is 5.32 Å². The minimum Gasteiger partial charge on any atom is -0.405 e. The summed E-state index contributed by atoms with van der Waals surface area (Å²) in [7, 11) is 0. The second kappa shape index (κ2) is 6.48. The van der Waals surface area contributed by atoms with Gasteiger partial charge in [-0.1, -0.05) is 31.0 Å². The molecular formula is C15H20F3NO. The van der Waals surface area contributed by atoms with E-state index < -0.39 is 6.36 Å². The van der Waals surface area contributed by atoms with Crippen molar-refractivity contribution in [3.05, 3.63) is 29.8 Å². The molecule has 2 nitrogen and oxygen atoms in total. The molecule has 1 aliphatic carbocycles. The van der Waals surface area contributed by atoms with Crippen LogP contribution in [-0.2, 0) is 6.54 Å². The second-order valence-corrected chi connectivity index (χ2v) is 5.37. The summed E-state index contributed by atoms with van der Waals surface area (Å²) >= 11 is 0. The van der Waals surface area contributed by atoms with Crippen LogP contribution in [0, 0.1) is 5.92 Å². The Balaban J connectivity index is 1.94. The van der Waals surface area contributed by atoms with Crippen LogP contribution in [-0.4, -0.2) is 12.4 Å². The molecule has 1 aliphatic rings. The average molecular weight is 287 g/mol. The van der Waals surface area contributed by atoms with Gasteiger partial charge in [-0.05, 0) is 31.7 Å². The maximum Gasteiger partial charge on any atom is 0.573 e. The van der Waals surface area contributed by atoms with Crippen LogP contribution < -0.4 is 10.1 Å². The summed E-state index contributed by atoms with van der Waals surface area (Å²) in [5, 5.41) is 3.32. The quantitative estimate of drug-likeness (QED) is 0.874. The van der Waals surface area contributed by atoms with Crippen molar-refractivity contribution in [3.8, 4) is 5.75 Å². The van der Waals surface area contributed by atoms with Gasteiger partial charge in [0.15, 0.2) is 0 Å². The van der Waals surface area contributed by atoms with E-state index in [1.54, 1.807) is 18.2 Å². The minimum absolute atomic E-state index is 0.119. The van der Waals surface area contributed by atoms with Crippen molar-refractivity contribution >= 4 is 0 Å².